The van der Waals surface area contributed by atoms with E-state index in [9.17, 15) is 4.79 Å². The Balaban J connectivity index is 1.58. The van der Waals surface area contributed by atoms with Gasteiger partial charge in [-0.2, -0.15) is 0 Å². The zero-order valence-corrected chi connectivity index (χ0v) is 16.9. The quantitative estimate of drug-likeness (QED) is 0.653. The molecule has 4 nitrogen and oxygen atoms in total. The minimum atomic E-state index is -0.329. The standard InChI is InChI=1S/C24H31NO3/c1-3-27-24(26)17-28-23-14-8-12-21(16-23)20-11-7-13-22(15-20)25-18(2)19-9-5-4-6-10-19/h4-6,8-10,12,14,16,18,20,22,25H,3,7,11,13,15,17H2,1-2H3/t18-,20?,22?/m1/s1. The molecule has 3 atom stereocenters. The predicted molar refractivity (Wildman–Crippen MR) is 112 cm³/mol. The monoisotopic (exact) mass is 381 g/mol. The molecule has 28 heavy (non-hydrogen) atoms. The van der Waals surface area contributed by atoms with E-state index in [4.69, 9.17) is 9.47 Å². The molecule has 0 radical (unpaired) electrons. The Hall–Kier alpha value is -2.33. The minimum Gasteiger partial charge on any atom is -0.482 e. The van der Waals surface area contributed by atoms with Crippen LogP contribution in [-0.2, 0) is 9.53 Å². The maximum atomic E-state index is 11.5. The maximum absolute atomic E-state index is 11.5. The van der Waals surface area contributed by atoms with Crippen molar-refractivity contribution < 1.29 is 14.3 Å². The van der Waals surface area contributed by atoms with E-state index < -0.39 is 0 Å². The van der Waals surface area contributed by atoms with Crippen LogP contribution in [0, 0.1) is 0 Å². The average Bonchev–Trinajstić information content (AvgIpc) is 2.73. The van der Waals surface area contributed by atoms with E-state index in [0.29, 0.717) is 24.6 Å². The normalized spacial score (nSPS) is 20.4. The zero-order valence-electron chi connectivity index (χ0n) is 16.9. The first-order valence-corrected chi connectivity index (χ1v) is 10.3. The molecule has 0 saturated heterocycles. The number of carbonyl (C=O) groups excluding carboxylic acids is 1. The fraction of sp³-hybridized carbons (Fsp3) is 0.458. The zero-order chi connectivity index (χ0) is 19.8. The first-order valence-electron chi connectivity index (χ1n) is 10.3. The number of carbonyl (C=O) groups is 1. The van der Waals surface area contributed by atoms with E-state index in [1.807, 2.05) is 12.1 Å². The Labute approximate surface area is 168 Å². The molecule has 3 rings (SSSR count). The topological polar surface area (TPSA) is 47.6 Å². The molecule has 0 amide bonds. The average molecular weight is 382 g/mol. The van der Waals surface area contributed by atoms with E-state index in [0.717, 1.165) is 12.2 Å². The Kier molecular flexibility index (Phi) is 7.49. The molecule has 1 fully saturated rings. The summed E-state index contributed by atoms with van der Waals surface area (Å²) in [5.74, 6) is 0.920. The van der Waals surface area contributed by atoms with Crippen LogP contribution >= 0.6 is 0 Å². The molecule has 1 N–H and O–H groups in total. The highest BCUT2D eigenvalue weighted by molar-refractivity contribution is 5.71. The molecule has 2 unspecified atom stereocenters. The van der Waals surface area contributed by atoms with Gasteiger partial charge in [-0.25, -0.2) is 4.79 Å². The lowest BCUT2D eigenvalue weighted by Gasteiger charge is -2.32. The van der Waals surface area contributed by atoms with Crippen LogP contribution in [0.4, 0.5) is 0 Å². The first kappa shape index (κ1) is 20.4. The molecule has 0 heterocycles. The third kappa shape index (κ3) is 5.83. The van der Waals surface area contributed by atoms with Gasteiger partial charge < -0.3 is 14.8 Å². The summed E-state index contributed by atoms with van der Waals surface area (Å²) in [7, 11) is 0. The summed E-state index contributed by atoms with van der Waals surface area (Å²) < 4.78 is 10.5. The Morgan fingerprint density at radius 1 is 1.14 bits per heavy atom. The summed E-state index contributed by atoms with van der Waals surface area (Å²) in [5.41, 5.74) is 2.62. The third-order valence-corrected chi connectivity index (χ3v) is 5.45. The van der Waals surface area contributed by atoms with Gasteiger partial charge in [-0.3, -0.25) is 0 Å². The molecule has 1 saturated carbocycles. The van der Waals surface area contributed by atoms with Gasteiger partial charge in [0.05, 0.1) is 6.61 Å². The third-order valence-electron chi connectivity index (χ3n) is 5.45. The number of rotatable bonds is 8. The van der Waals surface area contributed by atoms with Crippen molar-refractivity contribution in [1.29, 1.82) is 0 Å². The second-order valence-corrected chi connectivity index (χ2v) is 7.53. The van der Waals surface area contributed by atoms with Crippen LogP contribution in [0.25, 0.3) is 0 Å². The largest absolute Gasteiger partial charge is 0.482 e. The van der Waals surface area contributed by atoms with Crippen molar-refractivity contribution >= 4 is 5.97 Å². The molecule has 150 valence electrons. The van der Waals surface area contributed by atoms with E-state index >= 15 is 0 Å². The number of ether oxygens (including phenoxy) is 2. The molecule has 0 aromatic heterocycles. The summed E-state index contributed by atoms with van der Waals surface area (Å²) in [6.07, 6.45) is 4.75. The van der Waals surface area contributed by atoms with Gasteiger partial charge in [-0.15, -0.1) is 0 Å². The van der Waals surface area contributed by atoms with Crippen LogP contribution in [0.3, 0.4) is 0 Å². The van der Waals surface area contributed by atoms with Crippen LogP contribution in [-0.4, -0.2) is 25.2 Å². The van der Waals surface area contributed by atoms with Gasteiger partial charge in [0.2, 0.25) is 0 Å². The first-order chi connectivity index (χ1) is 13.7. The van der Waals surface area contributed by atoms with Crippen molar-refractivity contribution in [3.05, 3.63) is 65.7 Å². The highest BCUT2D eigenvalue weighted by Crippen LogP contribution is 2.35. The number of esters is 1. The van der Waals surface area contributed by atoms with E-state index in [1.165, 1.54) is 30.4 Å². The van der Waals surface area contributed by atoms with Crippen molar-refractivity contribution in [2.75, 3.05) is 13.2 Å². The van der Waals surface area contributed by atoms with Crippen molar-refractivity contribution in [2.45, 2.75) is 57.5 Å². The van der Waals surface area contributed by atoms with Crippen molar-refractivity contribution in [1.82, 2.24) is 5.32 Å². The smallest absolute Gasteiger partial charge is 0.344 e. The fourth-order valence-electron chi connectivity index (χ4n) is 4.04. The van der Waals surface area contributed by atoms with Crippen molar-refractivity contribution in [3.63, 3.8) is 0 Å². The van der Waals surface area contributed by atoms with Gasteiger partial charge in [-0.05, 0) is 62.3 Å². The van der Waals surface area contributed by atoms with Crippen LogP contribution in [0.1, 0.15) is 62.6 Å². The Morgan fingerprint density at radius 2 is 1.96 bits per heavy atom. The van der Waals surface area contributed by atoms with Crippen molar-refractivity contribution in [2.24, 2.45) is 0 Å². The highest BCUT2D eigenvalue weighted by atomic mass is 16.6. The fourth-order valence-corrected chi connectivity index (χ4v) is 4.04. The number of benzene rings is 2. The molecule has 0 bridgehead atoms. The predicted octanol–water partition coefficient (Wildman–Crippen LogP) is 5.01. The van der Waals surface area contributed by atoms with E-state index in [2.05, 4.69) is 54.7 Å². The minimum absolute atomic E-state index is 0.0409. The molecule has 4 heteroatoms. The summed E-state index contributed by atoms with van der Waals surface area (Å²) in [6, 6.07) is 19.6. The van der Waals surface area contributed by atoms with Gasteiger partial charge in [0.15, 0.2) is 6.61 Å². The van der Waals surface area contributed by atoms with E-state index in [-0.39, 0.29) is 12.6 Å². The molecule has 0 spiro atoms. The Morgan fingerprint density at radius 3 is 2.75 bits per heavy atom. The van der Waals surface area contributed by atoms with Gasteiger partial charge >= 0.3 is 5.97 Å². The van der Waals surface area contributed by atoms with Gasteiger partial charge in [0, 0.05) is 12.1 Å². The summed E-state index contributed by atoms with van der Waals surface area (Å²) >= 11 is 0. The molecule has 2 aromatic rings. The molecule has 2 aromatic carbocycles. The molecule has 0 aliphatic heterocycles. The number of nitrogens with one attached hydrogen (secondary N) is 1. The lowest BCUT2D eigenvalue weighted by molar-refractivity contribution is -0.145. The molecule has 1 aliphatic carbocycles. The molecular formula is C24H31NO3. The van der Waals surface area contributed by atoms with E-state index in [1.54, 1.807) is 6.92 Å². The van der Waals surface area contributed by atoms with Gasteiger partial charge in [0.1, 0.15) is 5.75 Å². The van der Waals surface area contributed by atoms with Gasteiger partial charge in [0.25, 0.3) is 0 Å². The summed E-state index contributed by atoms with van der Waals surface area (Å²) in [5, 5.41) is 3.81. The Bertz CT molecular complexity index is 747. The summed E-state index contributed by atoms with van der Waals surface area (Å²) in [4.78, 5) is 11.5. The lowest BCUT2D eigenvalue weighted by atomic mass is 9.81. The van der Waals surface area contributed by atoms with Crippen LogP contribution in [0.15, 0.2) is 54.6 Å². The molecular weight excluding hydrogens is 350 g/mol. The number of hydrogen-bond acceptors (Lipinski definition) is 4. The molecule has 1 aliphatic rings. The second-order valence-electron chi connectivity index (χ2n) is 7.53. The lowest BCUT2D eigenvalue weighted by Crippen LogP contribution is -2.35. The van der Waals surface area contributed by atoms with Gasteiger partial charge in [-0.1, -0.05) is 48.9 Å². The van der Waals surface area contributed by atoms with Crippen LogP contribution < -0.4 is 10.1 Å². The number of hydrogen-bond donors (Lipinski definition) is 1. The van der Waals surface area contributed by atoms with Crippen LogP contribution in [0.2, 0.25) is 0 Å². The highest BCUT2D eigenvalue weighted by Gasteiger charge is 2.24. The van der Waals surface area contributed by atoms with Crippen LogP contribution in [0.5, 0.6) is 5.75 Å². The SMILES string of the molecule is CCOC(=O)COc1cccc(C2CCCC(N[C@H](C)c3ccccc3)C2)c1. The second kappa shape index (κ2) is 10.3. The maximum Gasteiger partial charge on any atom is 0.344 e. The summed E-state index contributed by atoms with van der Waals surface area (Å²) in [6.45, 7) is 4.37. The van der Waals surface area contributed by atoms with Crippen molar-refractivity contribution in [3.8, 4) is 5.75 Å².